The van der Waals surface area contributed by atoms with Gasteiger partial charge in [0.25, 0.3) is 0 Å². The van der Waals surface area contributed by atoms with E-state index in [4.69, 9.17) is 11.6 Å². The quantitative estimate of drug-likeness (QED) is 0.932. The summed E-state index contributed by atoms with van der Waals surface area (Å²) in [6.07, 6.45) is 0. The highest BCUT2D eigenvalue weighted by atomic mass is 35.5. The molecule has 1 unspecified atom stereocenters. The summed E-state index contributed by atoms with van der Waals surface area (Å²) in [5.74, 6) is 0.503. The Labute approximate surface area is 123 Å². The highest BCUT2D eigenvalue weighted by molar-refractivity contribution is 6.30. The summed E-state index contributed by atoms with van der Waals surface area (Å²) < 4.78 is 0. The van der Waals surface area contributed by atoms with Crippen molar-refractivity contribution in [3.05, 3.63) is 51.7 Å². The zero-order valence-corrected chi connectivity index (χ0v) is 12.4. The van der Waals surface area contributed by atoms with Crippen molar-refractivity contribution < 1.29 is 0 Å². The zero-order chi connectivity index (χ0) is 14.7. The highest BCUT2D eigenvalue weighted by Gasteiger charge is 2.14. The molecule has 0 saturated carbocycles. The van der Waals surface area contributed by atoms with Crippen LogP contribution in [0.3, 0.4) is 0 Å². The fourth-order valence-electron chi connectivity index (χ4n) is 1.91. The minimum atomic E-state index is -0.0165. The van der Waals surface area contributed by atoms with Gasteiger partial charge in [0.05, 0.1) is 11.7 Å². The van der Waals surface area contributed by atoms with E-state index in [1.807, 2.05) is 45.0 Å². The van der Waals surface area contributed by atoms with Crippen LogP contribution in [0.5, 0.6) is 0 Å². The van der Waals surface area contributed by atoms with Gasteiger partial charge in [-0.05, 0) is 44.0 Å². The molecule has 0 spiro atoms. The lowest BCUT2D eigenvalue weighted by Gasteiger charge is -2.16. The van der Waals surface area contributed by atoms with Gasteiger partial charge in [-0.25, -0.2) is 0 Å². The van der Waals surface area contributed by atoms with Crippen molar-refractivity contribution in [2.75, 3.05) is 5.32 Å². The lowest BCUT2D eigenvalue weighted by Crippen LogP contribution is -2.11. The van der Waals surface area contributed by atoms with Gasteiger partial charge in [0.2, 0.25) is 0 Å². The summed E-state index contributed by atoms with van der Waals surface area (Å²) in [5, 5.41) is 21.3. The zero-order valence-electron chi connectivity index (χ0n) is 11.6. The molecule has 2 rings (SSSR count). The first-order chi connectivity index (χ1) is 9.52. The van der Waals surface area contributed by atoms with E-state index in [1.54, 1.807) is 0 Å². The number of nitrogens with zero attached hydrogens (tertiary/aromatic N) is 3. The number of nitriles is 1. The fraction of sp³-hybridized carbons (Fsp3) is 0.267. The monoisotopic (exact) mass is 286 g/mol. The second-order valence-electron chi connectivity index (χ2n) is 4.67. The fourth-order valence-corrected chi connectivity index (χ4v) is 2.11. The number of aromatic nitrogens is 2. The Kier molecular flexibility index (Phi) is 4.21. The van der Waals surface area contributed by atoms with Gasteiger partial charge in [-0.2, -0.15) is 10.4 Å². The second-order valence-corrected chi connectivity index (χ2v) is 5.10. The minimum absolute atomic E-state index is 0.0165. The molecule has 0 bridgehead atoms. The molecular weight excluding hydrogens is 272 g/mol. The van der Waals surface area contributed by atoms with Crippen molar-refractivity contribution in [3.63, 3.8) is 0 Å². The third-order valence-corrected chi connectivity index (χ3v) is 3.50. The van der Waals surface area contributed by atoms with E-state index in [-0.39, 0.29) is 6.04 Å². The van der Waals surface area contributed by atoms with Crippen molar-refractivity contribution in [2.24, 2.45) is 0 Å². The van der Waals surface area contributed by atoms with E-state index in [2.05, 4.69) is 21.6 Å². The molecule has 2 aromatic rings. The van der Waals surface area contributed by atoms with Gasteiger partial charge < -0.3 is 5.32 Å². The number of anilines is 1. The Morgan fingerprint density at radius 2 is 2.05 bits per heavy atom. The van der Waals surface area contributed by atoms with Crippen molar-refractivity contribution in [3.8, 4) is 6.07 Å². The molecule has 1 N–H and O–H groups in total. The van der Waals surface area contributed by atoms with Gasteiger partial charge in [-0.15, -0.1) is 5.10 Å². The van der Waals surface area contributed by atoms with Gasteiger partial charge in [0.15, 0.2) is 5.82 Å². The smallest absolute Gasteiger partial charge is 0.167 e. The van der Waals surface area contributed by atoms with E-state index in [0.29, 0.717) is 16.4 Å². The molecule has 20 heavy (non-hydrogen) atoms. The van der Waals surface area contributed by atoms with Gasteiger partial charge in [-0.3, -0.25) is 0 Å². The van der Waals surface area contributed by atoms with E-state index in [1.165, 1.54) is 0 Å². The number of nitrogens with one attached hydrogen (secondary N) is 1. The maximum atomic E-state index is 9.27. The topological polar surface area (TPSA) is 61.6 Å². The van der Waals surface area contributed by atoms with Gasteiger partial charge in [-0.1, -0.05) is 23.7 Å². The third kappa shape index (κ3) is 2.89. The van der Waals surface area contributed by atoms with Crippen LogP contribution in [0.25, 0.3) is 0 Å². The van der Waals surface area contributed by atoms with Gasteiger partial charge >= 0.3 is 0 Å². The first-order valence-electron chi connectivity index (χ1n) is 6.29. The maximum Gasteiger partial charge on any atom is 0.167 e. The molecule has 1 aromatic carbocycles. The van der Waals surface area contributed by atoms with Crippen LogP contribution >= 0.6 is 11.6 Å². The summed E-state index contributed by atoms with van der Waals surface area (Å²) >= 11 is 5.99. The Bertz CT molecular complexity index is 676. The van der Waals surface area contributed by atoms with Crippen molar-refractivity contribution in [1.82, 2.24) is 10.2 Å². The van der Waals surface area contributed by atoms with Gasteiger partial charge in [0, 0.05) is 5.02 Å². The molecule has 0 aliphatic carbocycles. The predicted molar refractivity (Wildman–Crippen MR) is 79.7 cm³/mol. The molecule has 1 heterocycles. The summed E-state index contributed by atoms with van der Waals surface area (Å²) in [7, 11) is 0. The lowest BCUT2D eigenvalue weighted by molar-refractivity contribution is 0.849. The van der Waals surface area contributed by atoms with Crippen LogP contribution in [0.2, 0.25) is 5.02 Å². The molecule has 0 radical (unpaired) electrons. The molecule has 0 fully saturated rings. The molecule has 1 atom stereocenters. The van der Waals surface area contributed by atoms with E-state index in [9.17, 15) is 5.26 Å². The average molecular weight is 287 g/mol. The Hall–Kier alpha value is -2.12. The summed E-state index contributed by atoms with van der Waals surface area (Å²) in [5.41, 5.74) is 3.18. The molecule has 5 heteroatoms. The van der Waals surface area contributed by atoms with Crippen LogP contribution in [0.4, 0.5) is 5.82 Å². The van der Waals surface area contributed by atoms with Crippen LogP contribution in [0.15, 0.2) is 24.3 Å². The first-order valence-corrected chi connectivity index (χ1v) is 6.66. The van der Waals surface area contributed by atoms with E-state index in [0.717, 1.165) is 16.8 Å². The summed E-state index contributed by atoms with van der Waals surface area (Å²) in [6, 6.07) is 9.75. The Balaban J connectivity index is 2.31. The number of hydrogen-bond donors (Lipinski definition) is 1. The number of halogens is 1. The van der Waals surface area contributed by atoms with Crippen molar-refractivity contribution in [2.45, 2.75) is 26.8 Å². The number of aryl methyl sites for hydroxylation is 1. The van der Waals surface area contributed by atoms with Crippen molar-refractivity contribution >= 4 is 17.4 Å². The molecular formula is C15H15ClN4. The largest absolute Gasteiger partial charge is 0.361 e. The second kappa shape index (κ2) is 5.89. The Morgan fingerprint density at radius 1 is 1.30 bits per heavy atom. The van der Waals surface area contributed by atoms with Crippen LogP contribution in [0.1, 0.15) is 35.3 Å². The molecule has 1 aromatic heterocycles. The predicted octanol–water partition coefficient (Wildman–Crippen LogP) is 3.79. The molecule has 0 aliphatic heterocycles. The Morgan fingerprint density at radius 3 is 2.70 bits per heavy atom. The minimum Gasteiger partial charge on any atom is -0.361 e. The van der Waals surface area contributed by atoms with E-state index < -0.39 is 0 Å². The normalized spacial score (nSPS) is 11.8. The standard InChI is InChI=1S/C15H15ClN4/c1-9-10(2)19-20-15(14(9)8-17)18-11(3)12-5-4-6-13(16)7-12/h4-7,11H,1-3H3,(H,18,20). The number of hydrogen-bond acceptors (Lipinski definition) is 4. The first kappa shape index (κ1) is 14.3. The number of rotatable bonds is 3. The van der Waals surface area contributed by atoms with Crippen LogP contribution in [-0.4, -0.2) is 10.2 Å². The summed E-state index contributed by atoms with van der Waals surface area (Å²) in [4.78, 5) is 0. The number of benzene rings is 1. The van der Waals surface area contributed by atoms with Crippen molar-refractivity contribution in [1.29, 1.82) is 5.26 Å². The SMILES string of the molecule is Cc1nnc(NC(C)c2cccc(Cl)c2)c(C#N)c1C. The third-order valence-electron chi connectivity index (χ3n) is 3.27. The summed E-state index contributed by atoms with van der Waals surface area (Å²) in [6.45, 7) is 5.70. The molecule has 102 valence electrons. The van der Waals surface area contributed by atoms with Crippen LogP contribution < -0.4 is 5.32 Å². The van der Waals surface area contributed by atoms with Crippen LogP contribution in [0, 0.1) is 25.2 Å². The maximum absolute atomic E-state index is 9.27. The molecule has 0 amide bonds. The van der Waals surface area contributed by atoms with Gasteiger partial charge in [0.1, 0.15) is 11.6 Å². The average Bonchev–Trinajstić information content (AvgIpc) is 2.43. The van der Waals surface area contributed by atoms with E-state index >= 15 is 0 Å². The highest BCUT2D eigenvalue weighted by Crippen LogP contribution is 2.24. The molecule has 4 nitrogen and oxygen atoms in total. The molecule has 0 saturated heterocycles. The molecule has 0 aliphatic rings. The van der Waals surface area contributed by atoms with Crippen LogP contribution in [-0.2, 0) is 0 Å². The lowest BCUT2D eigenvalue weighted by atomic mass is 10.1.